The highest BCUT2D eigenvalue weighted by Gasteiger charge is 2.43. The minimum atomic E-state index is -0.350. The number of pyridine rings is 1. The van der Waals surface area contributed by atoms with Gasteiger partial charge in [-0.1, -0.05) is 0 Å². The number of rotatable bonds is 4. The summed E-state index contributed by atoms with van der Waals surface area (Å²) in [4.78, 5) is 23.7. The second kappa shape index (κ2) is 4.33. The average molecular weight is 236 g/mol. The Bertz CT molecular complexity index is 489. The molecule has 92 valence electrons. The SMILES string of the molecule is Cn1cccc(C(=O)NC2(CCO)CC2)c1=O. The van der Waals surface area contributed by atoms with E-state index in [1.54, 1.807) is 19.3 Å². The van der Waals surface area contributed by atoms with Crippen LogP contribution in [0.5, 0.6) is 0 Å². The van der Waals surface area contributed by atoms with Gasteiger partial charge >= 0.3 is 0 Å². The van der Waals surface area contributed by atoms with Crippen molar-refractivity contribution in [1.82, 2.24) is 9.88 Å². The van der Waals surface area contributed by atoms with Gasteiger partial charge in [-0.25, -0.2) is 0 Å². The van der Waals surface area contributed by atoms with Crippen molar-refractivity contribution in [3.63, 3.8) is 0 Å². The second-order valence-electron chi connectivity index (χ2n) is 4.55. The number of aliphatic hydroxyl groups excluding tert-OH is 1. The van der Waals surface area contributed by atoms with Crippen LogP contribution >= 0.6 is 0 Å². The summed E-state index contributed by atoms with van der Waals surface area (Å²) >= 11 is 0. The maximum Gasteiger partial charge on any atom is 0.263 e. The van der Waals surface area contributed by atoms with Crippen LogP contribution in [0.3, 0.4) is 0 Å². The van der Waals surface area contributed by atoms with Crippen LogP contribution in [0, 0.1) is 0 Å². The molecule has 0 radical (unpaired) electrons. The number of aromatic nitrogens is 1. The fraction of sp³-hybridized carbons (Fsp3) is 0.500. The first-order chi connectivity index (χ1) is 8.08. The zero-order valence-corrected chi connectivity index (χ0v) is 9.77. The summed E-state index contributed by atoms with van der Waals surface area (Å²) in [6.07, 6.45) is 3.89. The Hall–Kier alpha value is -1.62. The molecule has 1 aromatic heterocycles. The average Bonchev–Trinajstić information content (AvgIpc) is 3.02. The summed E-state index contributed by atoms with van der Waals surface area (Å²) in [5, 5.41) is 11.7. The van der Waals surface area contributed by atoms with E-state index in [9.17, 15) is 9.59 Å². The Kier molecular flexibility index (Phi) is 3.02. The molecule has 1 aromatic rings. The highest BCUT2D eigenvalue weighted by atomic mass is 16.3. The normalized spacial score (nSPS) is 16.6. The molecule has 0 unspecified atom stereocenters. The van der Waals surface area contributed by atoms with E-state index in [4.69, 9.17) is 5.11 Å². The Labute approximate surface area is 99.1 Å². The van der Waals surface area contributed by atoms with Gasteiger partial charge in [-0.05, 0) is 31.4 Å². The summed E-state index contributed by atoms with van der Waals surface area (Å²) in [6, 6.07) is 3.19. The lowest BCUT2D eigenvalue weighted by atomic mass is 10.1. The zero-order valence-electron chi connectivity index (χ0n) is 9.77. The molecule has 0 atom stereocenters. The van der Waals surface area contributed by atoms with E-state index < -0.39 is 0 Å². The monoisotopic (exact) mass is 236 g/mol. The number of carbonyl (C=O) groups excluding carboxylic acids is 1. The van der Waals surface area contributed by atoms with Crippen molar-refractivity contribution in [2.75, 3.05) is 6.61 Å². The molecule has 5 heteroatoms. The van der Waals surface area contributed by atoms with E-state index in [0.717, 1.165) is 12.8 Å². The third-order valence-electron chi connectivity index (χ3n) is 3.19. The molecular weight excluding hydrogens is 220 g/mol. The minimum absolute atomic E-state index is 0.0487. The minimum Gasteiger partial charge on any atom is -0.396 e. The number of nitrogens with one attached hydrogen (secondary N) is 1. The van der Waals surface area contributed by atoms with Crippen molar-refractivity contribution in [2.45, 2.75) is 24.8 Å². The highest BCUT2D eigenvalue weighted by molar-refractivity contribution is 5.94. The summed E-state index contributed by atoms with van der Waals surface area (Å²) < 4.78 is 1.38. The van der Waals surface area contributed by atoms with Crippen molar-refractivity contribution >= 4 is 5.91 Å². The highest BCUT2D eigenvalue weighted by Crippen LogP contribution is 2.38. The number of aliphatic hydroxyl groups is 1. The Balaban J connectivity index is 2.16. The fourth-order valence-corrected chi connectivity index (χ4v) is 1.88. The molecule has 2 rings (SSSR count). The molecule has 1 aliphatic rings. The number of hydrogen-bond acceptors (Lipinski definition) is 3. The standard InChI is InChI=1S/C12H16N2O3/c1-14-7-2-3-9(11(14)17)10(16)13-12(4-5-12)6-8-15/h2-3,7,15H,4-6,8H2,1H3,(H,13,16). The Morgan fingerprint density at radius 2 is 2.29 bits per heavy atom. The van der Waals surface area contributed by atoms with Crippen molar-refractivity contribution in [3.8, 4) is 0 Å². The van der Waals surface area contributed by atoms with E-state index in [1.165, 1.54) is 10.6 Å². The van der Waals surface area contributed by atoms with Gasteiger partial charge in [0, 0.05) is 25.4 Å². The lowest BCUT2D eigenvalue weighted by molar-refractivity contribution is 0.0921. The molecule has 1 saturated carbocycles. The molecule has 1 aliphatic carbocycles. The molecule has 17 heavy (non-hydrogen) atoms. The number of carbonyl (C=O) groups is 1. The zero-order chi connectivity index (χ0) is 12.5. The molecular formula is C12H16N2O3. The van der Waals surface area contributed by atoms with Crippen LogP contribution in [0.25, 0.3) is 0 Å². The first-order valence-corrected chi connectivity index (χ1v) is 5.67. The number of amides is 1. The van der Waals surface area contributed by atoms with Gasteiger partial charge in [0.15, 0.2) is 0 Å². The third-order valence-corrected chi connectivity index (χ3v) is 3.19. The topological polar surface area (TPSA) is 71.3 Å². The predicted octanol–water partition coefficient (Wildman–Crippen LogP) is 0.0301. The van der Waals surface area contributed by atoms with Gasteiger partial charge in [0.05, 0.1) is 0 Å². The lowest BCUT2D eigenvalue weighted by Crippen LogP contribution is -2.40. The second-order valence-corrected chi connectivity index (χ2v) is 4.55. The summed E-state index contributed by atoms with van der Waals surface area (Å²) in [5.74, 6) is -0.350. The van der Waals surface area contributed by atoms with E-state index in [0.29, 0.717) is 6.42 Å². The van der Waals surface area contributed by atoms with Gasteiger partial charge in [0.1, 0.15) is 5.56 Å². The van der Waals surface area contributed by atoms with Gasteiger partial charge in [0.2, 0.25) is 0 Å². The molecule has 0 bridgehead atoms. The van der Waals surface area contributed by atoms with Gasteiger partial charge in [-0.2, -0.15) is 0 Å². The van der Waals surface area contributed by atoms with Crippen LogP contribution in [-0.4, -0.2) is 27.7 Å². The van der Waals surface area contributed by atoms with Crippen LogP contribution in [0.1, 0.15) is 29.6 Å². The molecule has 5 nitrogen and oxygen atoms in total. The molecule has 1 amide bonds. The van der Waals surface area contributed by atoms with Crippen molar-refractivity contribution in [1.29, 1.82) is 0 Å². The summed E-state index contributed by atoms with van der Waals surface area (Å²) in [6.45, 7) is 0.0487. The van der Waals surface area contributed by atoms with Crippen LogP contribution in [-0.2, 0) is 7.05 Å². The Morgan fingerprint density at radius 1 is 1.59 bits per heavy atom. The van der Waals surface area contributed by atoms with Gasteiger partial charge in [0.25, 0.3) is 11.5 Å². The largest absolute Gasteiger partial charge is 0.396 e. The summed E-state index contributed by atoms with van der Waals surface area (Å²) in [7, 11) is 1.61. The van der Waals surface area contributed by atoms with Crippen molar-refractivity contribution < 1.29 is 9.90 Å². The van der Waals surface area contributed by atoms with E-state index in [1.807, 2.05) is 0 Å². The van der Waals surface area contributed by atoms with Crippen LogP contribution in [0.2, 0.25) is 0 Å². The first kappa shape index (κ1) is 11.9. The fourth-order valence-electron chi connectivity index (χ4n) is 1.88. The molecule has 2 N–H and O–H groups in total. The number of hydrogen-bond donors (Lipinski definition) is 2. The van der Waals surface area contributed by atoms with Crippen molar-refractivity contribution in [3.05, 3.63) is 34.2 Å². The molecule has 0 saturated heterocycles. The van der Waals surface area contributed by atoms with E-state index in [-0.39, 0.29) is 29.2 Å². The molecule has 0 aromatic carbocycles. The maximum absolute atomic E-state index is 11.9. The van der Waals surface area contributed by atoms with E-state index >= 15 is 0 Å². The number of nitrogens with zero attached hydrogens (tertiary/aromatic N) is 1. The molecule has 0 aliphatic heterocycles. The first-order valence-electron chi connectivity index (χ1n) is 5.67. The van der Waals surface area contributed by atoms with Crippen LogP contribution in [0.15, 0.2) is 23.1 Å². The van der Waals surface area contributed by atoms with E-state index in [2.05, 4.69) is 5.32 Å². The smallest absolute Gasteiger partial charge is 0.263 e. The van der Waals surface area contributed by atoms with Gasteiger partial charge < -0.3 is 15.0 Å². The maximum atomic E-state index is 11.9. The predicted molar refractivity (Wildman–Crippen MR) is 62.8 cm³/mol. The number of aryl methyl sites for hydroxylation is 1. The summed E-state index contributed by atoms with van der Waals surface area (Å²) in [5.41, 5.74) is -0.434. The van der Waals surface area contributed by atoms with Crippen LogP contribution in [0.4, 0.5) is 0 Å². The third kappa shape index (κ3) is 2.39. The van der Waals surface area contributed by atoms with Crippen LogP contribution < -0.4 is 10.9 Å². The van der Waals surface area contributed by atoms with Gasteiger partial charge in [-0.3, -0.25) is 9.59 Å². The Morgan fingerprint density at radius 3 is 2.88 bits per heavy atom. The van der Waals surface area contributed by atoms with Crippen molar-refractivity contribution in [2.24, 2.45) is 7.05 Å². The quantitative estimate of drug-likeness (QED) is 0.774. The van der Waals surface area contributed by atoms with Gasteiger partial charge in [-0.15, -0.1) is 0 Å². The molecule has 1 fully saturated rings. The lowest BCUT2D eigenvalue weighted by Gasteiger charge is -2.15. The molecule has 0 spiro atoms. The molecule has 1 heterocycles.